The lowest BCUT2D eigenvalue weighted by atomic mass is 10.3. The van der Waals surface area contributed by atoms with Crippen molar-refractivity contribution in [1.29, 1.82) is 0 Å². The van der Waals surface area contributed by atoms with Gasteiger partial charge in [-0.1, -0.05) is 6.58 Å². The molecule has 1 heterocycles. The molecule has 0 N–H and O–H groups in total. The summed E-state index contributed by atoms with van der Waals surface area (Å²) >= 11 is 0. The van der Waals surface area contributed by atoms with Gasteiger partial charge in [0.25, 0.3) is 0 Å². The fourth-order valence-corrected chi connectivity index (χ4v) is 0.756. The Morgan fingerprint density at radius 1 is 1.64 bits per heavy atom. The summed E-state index contributed by atoms with van der Waals surface area (Å²) in [6.07, 6.45) is 1.45. The molecule has 1 aromatic rings. The first kappa shape index (κ1) is 7.72. The van der Waals surface area contributed by atoms with Gasteiger partial charge >= 0.3 is 0 Å². The van der Waals surface area contributed by atoms with Crippen molar-refractivity contribution in [3.8, 4) is 5.75 Å². The molecule has 0 spiro atoms. The molecule has 0 aliphatic rings. The van der Waals surface area contributed by atoms with E-state index >= 15 is 0 Å². The summed E-state index contributed by atoms with van der Waals surface area (Å²) in [5.41, 5.74) is 0.424. The summed E-state index contributed by atoms with van der Waals surface area (Å²) in [6, 6.07) is 2.76. The van der Waals surface area contributed by atoms with Crippen LogP contribution in [0.15, 0.2) is 18.7 Å². The van der Waals surface area contributed by atoms with Crippen LogP contribution in [0, 0.1) is 5.95 Å². The van der Waals surface area contributed by atoms with E-state index in [1.807, 2.05) is 0 Å². The molecule has 0 aromatic carbocycles. The van der Waals surface area contributed by atoms with Crippen molar-refractivity contribution in [1.82, 2.24) is 4.98 Å². The van der Waals surface area contributed by atoms with Crippen LogP contribution in [0.5, 0.6) is 5.75 Å². The predicted molar refractivity (Wildman–Crippen MR) is 40.8 cm³/mol. The van der Waals surface area contributed by atoms with Crippen LogP contribution in [0.1, 0.15) is 5.69 Å². The average Bonchev–Trinajstić information content (AvgIpc) is 2.04. The van der Waals surface area contributed by atoms with E-state index in [1.165, 1.54) is 25.3 Å². The van der Waals surface area contributed by atoms with E-state index in [2.05, 4.69) is 11.6 Å². The van der Waals surface area contributed by atoms with Gasteiger partial charge in [-0.15, -0.1) is 0 Å². The van der Waals surface area contributed by atoms with Crippen LogP contribution >= 0.6 is 0 Å². The zero-order valence-corrected chi connectivity index (χ0v) is 6.17. The van der Waals surface area contributed by atoms with Crippen LogP contribution in [-0.2, 0) is 0 Å². The van der Waals surface area contributed by atoms with E-state index in [0.717, 1.165) is 0 Å². The highest BCUT2D eigenvalue weighted by Crippen LogP contribution is 2.16. The first-order valence-electron chi connectivity index (χ1n) is 3.11. The molecule has 0 fully saturated rings. The molecule has 0 aliphatic carbocycles. The molecule has 2 nitrogen and oxygen atoms in total. The molecule has 0 amide bonds. The third kappa shape index (κ3) is 1.55. The topological polar surface area (TPSA) is 22.1 Å². The maximum Gasteiger partial charge on any atom is 0.213 e. The molecular weight excluding hydrogens is 145 g/mol. The van der Waals surface area contributed by atoms with Crippen molar-refractivity contribution < 1.29 is 9.13 Å². The molecule has 0 unspecified atom stereocenters. The van der Waals surface area contributed by atoms with Crippen molar-refractivity contribution >= 4 is 6.08 Å². The number of halogens is 1. The highest BCUT2D eigenvalue weighted by atomic mass is 19.1. The number of ether oxygens (including phenoxy) is 1. The van der Waals surface area contributed by atoms with Crippen LogP contribution in [-0.4, -0.2) is 12.1 Å². The second kappa shape index (κ2) is 3.14. The van der Waals surface area contributed by atoms with E-state index in [9.17, 15) is 4.39 Å². The lowest BCUT2D eigenvalue weighted by Crippen LogP contribution is -1.92. The lowest BCUT2D eigenvalue weighted by Gasteiger charge is -2.01. The highest BCUT2D eigenvalue weighted by molar-refractivity contribution is 5.50. The molecule has 1 rings (SSSR count). The third-order valence-corrected chi connectivity index (χ3v) is 1.27. The second-order valence-corrected chi connectivity index (χ2v) is 1.93. The molecule has 0 bridgehead atoms. The quantitative estimate of drug-likeness (QED) is 0.605. The summed E-state index contributed by atoms with van der Waals surface area (Å²) in [5, 5.41) is 0. The standard InChI is InChI=1S/C8H8FNO/c1-3-6-7(11-2)4-5-8(9)10-6/h3-5H,1H2,2H3. The Kier molecular flexibility index (Phi) is 2.21. The largest absolute Gasteiger partial charge is 0.494 e. The van der Waals surface area contributed by atoms with Crippen LogP contribution in [0.3, 0.4) is 0 Å². The Labute approximate surface area is 64.3 Å². The smallest absolute Gasteiger partial charge is 0.213 e. The summed E-state index contributed by atoms with van der Waals surface area (Å²) in [7, 11) is 1.50. The van der Waals surface area contributed by atoms with Crippen LogP contribution in [0.25, 0.3) is 6.08 Å². The Morgan fingerprint density at radius 2 is 2.36 bits per heavy atom. The molecule has 0 atom stereocenters. The predicted octanol–water partition coefficient (Wildman–Crippen LogP) is 1.87. The van der Waals surface area contributed by atoms with Crippen molar-refractivity contribution in [2.75, 3.05) is 7.11 Å². The van der Waals surface area contributed by atoms with Gasteiger partial charge in [-0.3, -0.25) is 0 Å². The van der Waals surface area contributed by atoms with E-state index in [4.69, 9.17) is 4.74 Å². The fourth-order valence-electron chi connectivity index (χ4n) is 0.756. The van der Waals surface area contributed by atoms with Crippen molar-refractivity contribution in [3.63, 3.8) is 0 Å². The van der Waals surface area contributed by atoms with E-state index in [0.29, 0.717) is 11.4 Å². The summed E-state index contributed by atoms with van der Waals surface area (Å²) in [5.74, 6) is 0.00194. The van der Waals surface area contributed by atoms with E-state index in [-0.39, 0.29) is 0 Å². The molecule has 58 valence electrons. The van der Waals surface area contributed by atoms with Gasteiger partial charge in [0.15, 0.2) is 0 Å². The SMILES string of the molecule is C=Cc1nc(F)ccc1OC. The average molecular weight is 153 g/mol. The van der Waals surface area contributed by atoms with Gasteiger partial charge < -0.3 is 4.74 Å². The molecular formula is C8H8FNO. The van der Waals surface area contributed by atoms with Gasteiger partial charge in [-0.2, -0.15) is 4.39 Å². The maximum absolute atomic E-state index is 12.5. The number of aromatic nitrogens is 1. The second-order valence-electron chi connectivity index (χ2n) is 1.93. The zero-order valence-electron chi connectivity index (χ0n) is 6.17. The fraction of sp³-hybridized carbons (Fsp3) is 0.125. The van der Waals surface area contributed by atoms with Gasteiger partial charge in [0.05, 0.1) is 7.11 Å². The van der Waals surface area contributed by atoms with Crippen LogP contribution < -0.4 is 4.74 Å². The van der Waals surface area contributed by atoms with Gasteiger partial charge in [-0.25, -0.2) is 4.98 Å². The van der Waals surface area contributed by atoms with Crippen molar-refractivity contribution in [2.24, 2.45) is 0 Å². The first-order valence-corrected chi connectivity index (χ1v) is 3.11. The number of nitrogens with zero attached hydrogens (tertiary/aromatic N) is 1. The molecule has 0 radical (unpaired) electrons. The number of pyridine rings is 1. The van der Waals surface area contributed by atoms with E-state index in [1.54, 1.807) is 0 Å². The molecule has 0 aliphatic heterocycles. The normalized spacial score (nSPS) is 9.27. The van der Waals surface area contributed by atoms with Crippen molar-refractivity contribution in [2.45, 2.75) is 0 Å². The minimum atomic E-state index is -0.527. The summed E-state index contributed by atoms with van der Waals surface area (Å²) in [6.45, 7) is 3.47. The molecule has 3 heteroatoms. The molecule has 1 aromatic heterocycles. The summed E-state index contributed by atoms with van der Waals surface area (Å²) in [4.78, 5) is 3.55. The molecule has 11 heavy (non-hydrogen) atoms. The highest BCUT2D eigenvalue weighted by Gasteiger charge is 2.00. The van der Waals surface area contributed by atoms with Gasteiger partial charge in [0.1, 0.15) is 11.4 Å². The monoisotopic (exact) mass is 153 g/mol. The van der Waals surface area contributed by atoms with Crippen LogP contribution in [0.4, 0.5) is 4.39 Å². The van der Waals surface area contributed by atoms with Gasteiger partial charge in [0, 0.05) is 0 Å². The Bertz CT molecular complexity index is 273. The first-order chi connectivity index (χ1) is 5.27. The minimum Gasteiger partial charge on any atom is -0.494 e. The zero-order chi connectivity index (χ0) is 8.27. The van der Waals surface area contributed by atoms with Gasteiger partial charge in [-0.05, 0) is 18.2 Å². The Hall–Kier alpha value is -1.38. The lowest BCUT2D eigenvalue weighted by molar-refractivity contribution is 0.409. The number of rotatable bonds is 2. The molecule has 0 saturated heterocycles. The number of hydrogen-bond donors (Lipinski definition) is 0. The van der Waals surface area contributed by atoms with Gasteiger partial charge in [0.2, 0.25) is 5.95 Å². The van der Waals surface area contributed by atoms with E-state index < -0.39 is 5.95 Å². The number of methoxy groups -OCH3 is 1. The third-order valence-electron chi connectivity index (χ3n) is 1.27. The maximum atomic E-state index is 12.5. The van der Waals surface area contributed by atoms with Crippen molar-refractivity contribution in [3.05, 3.63) is 30.4 Å². The summed E-state index contributed by atoms with van der Waals surface area (Å²) < 4.78 is 17.3. The Balaban J connectivity index is 3.16. The Morgan fingerprint density at radius 3 is 2.91 bits per heavy atom. The number of hydrogen-bond acceptors (Lipinski definition) is 2. The molecule has 0 saturated carbocycles. The minimum absolute atomic E-state index is 0.424. The van der Waals surface area contributed by atoms with Crippen LogP contribution in [0.2, 0.25) is 0 Å².